The number of methoxy groups -OCH3 is 1. The standard InChI is InChI=1S/C21H26N2O3/c1-12(2)16-9-18(24)13(3)6-17(16)21-19(25)7-14(8-20(21)26-5)15-10-22-23(4)11-15/h6-8,10-11,16-18,24-25H,1,9H2,2-5H3/t16-,17+,18-/m0/s1. The largest absolute Gasteiger partial charge is 0.507 e. The number of benzene rings is 1. The molecule has 138 valence electrons. The second kappa shape index (κ2) is 7.00. The van der Waals surface area contributed by atoms with Crippen molar-refractivity contribution in [1.29, 1.82) is 0 Å². The summed E-state index contributed by atoms with van der Waals surface area (Å²) in [7, 11) is 3.46. The van der Waals surface area contributed by atoms with E-state index in [0.717, 1.165) is 27.8 Å². The van der Waals surface area contributed by atoms with E-state index in [4.69, 9.17) is 4.74 Å². The minimum Gasteiger partial charge on any atom is -0.507 e. The Morgan fingerprint density at radius 2 is 2.08 bits per heavy atom. The van der Waals surface area contributed by atoms with E-state index in [0.29, 0.717) is 12.2 Å². The fraction of sp³-hybridized carbons (Fsp3) is 0.381. The van der Waals surface area contributed by atoms with Gasteiger partial charge in [-0.3, -0.25) is 4.68 Å². The number of phenolic OH excluding ortho intramolecular Hbond substituents is 1. The number of allylic oxidation sites excluding steroid dienone is 2. The lowest BCUT2D eigenvalue weighted by Crippen LogP contribution is -2.26. The van der Waals surface area contributed by atoms with Gasteiger partial charge in [-0.15, -0.1) is 0 Å². The average Bonchev–Trinajstić information content (AvgIpc) is 3.02. The molecule has 0 bridgehead atoms. The molecule has 1 aliphatic rings. The summed E-state index contributed by atoms with van der Waals surface area (Å²) in [4.78, 5) is 0. The van der Waals surface area contributed by atoms with Crippen LogP contribution in [-0.4, -0.2) is 33.2 Å². The number of aliphatic hydroxyl groups excluding tert-OH is 1. The highest BCUT2D eigenvalue weighted by atomic mass is 16.5. The second-order valence-corrected chi connectivity index (χ2v) is 7.15. The highest BCUT2D eigenvalue weighted by molar-refractivity contribution is 5.69. The topological polar surface area (TPSA) is 67.5 Å². The quantitative estimate of drug-likeness (QED) is 0.820. The van der Waals surface area contributed by atoms with Crippen molar-refractivity contribution in [2.24, 2.45) is 13.0 Å². The summed E-state index contributed by atoms with van der Waals surface area (Å²) in [6.45, 7) is 7.97. The number of aromatic hydroxyl groups is 1. The molecule has 0 radical (unpaired) electrons. The molecule has 0 fully saturated rings. The number of hydrogen-bond donors (Lipinski definition) is 2. The van der Waals surface area contributed by atoms with Crippen molar-refractivity contribution in [1.82, 2.24) is 9.78 Å². The maximum absolute atomic E-state index is 10.8. The molecule has 0 saturated carbocycles. The van der Waals surface area contributed by atoms with E-state index < -0.39 is 6.10 Å². The van der Waals surface area contributed by atoms with Crippen molar-refractivity contribution in [2.75, 3.05) is 7.11 Å². The normalized spacial score (nSPS) is 22.8. The van der Waals surface area contributed by atoms with Gasteiger partial charge in [0.25, 0.3) is 0 Å². The van der Waals surface area contributed by atoms with Crippen molar-refractivity contribution in [3.63, 3.8) is 0 Å². The van der Waals surface area contributed by atoms with Crippen LogP contribution in [0.4, 0.5) is 0 Å². The minimum absolute atomic E-state index is 0.0396. The zero-order chi connectivity index (χ0) is 19.0. The molecule has 3 rings (SSSR count). The Kier molecular flexibility index (Phi) is 4.92. The van der Waals surface area contributed by atoms with Gasteiger partial charge >= 0.3 is 0 Å². The lowest BCUT2D eigenvalue weighted by molar-refractivity contribution is 0.168. The highest BCUT2D eigenvalue weighted by Gasteiger charge is 2.33. The van der Waals surface area contributed by atoms with Gasteiger partial charge in [-0.2, -0.15) is 5.10 Å². The fourth-order valence-corrected chi connectivity index (χ4v) is 3.73. The molecule has 3 atom stereocenters. The molecular weight excluding hydrogens is 328 g/mol. The summed E-state index contributed by atoms with van der Waals surface area (Å²) >= 11 is 0. The van der Waals surface area contributed by atoms with Gasteiger partial charge in [-0.05, 0) is 49.5 Å². The van der Waals surface area contributed by atoms with E-state index in [9.17, 15) is 10.2 Å². The molecule has 5 heteroatoms. The molecule has 0 aliphatic heterocycles. The van der Waals surface area contributed by atoms with E-state index in [2.05, 4.69) is 11.7 Å². The van der Waals surface area contributed by atoms with Gasteiger partial charge in [-0.1, -0.05) is 18.2 Å². The molecule has 1 aliphatic carbocycles. The fourth-order valence-electron chi connectivity index (χ4n) is 3.73. The van der Waals surface area contributed by atoms with Crippen LogP contribution in [0, 0.1) is 5.92 Å². The van der Waals surface area contributed by atoms with Crippen molar-refractivity contribution in [2.45, 2.75) is 32.3 Å². The van der Waals surface area contributed by atoms with Crippen LogP contribution in [-0.2, 0) is 7.05 Å². The minimum atomic E-state index is -0.476. The molecule has 2 aromatic rings. The van der Waals surface area contributed by atoms with Crippen molar-refractivity contribution in [3.05, 3.63) is 53.9 Å². The Hall–Kier alpha value is -2.53. The van der Waals surface area contributed by atoms with E-state index in [1.807, 2.05) is 39.2 Å². The number of hydrogen-bond acceptors (Lipinski definition) is 4. The van der Waals surface area contributed by atoms with E-state index in [1.54, 1.807) is 24.1 Å². The van der Waals surface area contributed by atoms with Gasteiger partial charge in [0.05, 0.1) is 19.4 Å². The van der Waals surface area contributed by atoms with Gasteiger partial charge in [0.15, 0.2) is 0 Å². The first kappa shape index (κ1) is 18.3. The van der Waals surface area contributed by atoms with Gasteiger partial charge in [0.2, 0.25) is 0 Å². The molecular formula is C21H26N2O3. The predicted molar refractivity (Wildman–Crippen MR) is 102 cm³/mol. The zero-order valence-corrected chi connectivity index (χ0v) is 15.7. The van der Waals surface area contributed by atoms with Crippen LogP contribution in [0.15, 0.2) is 48.3 Å². The second-order valence-electron chi connectivity index (χ2n) is 7.15. The molecule has 5 nitrogen and oxygen atoms in total. The van der Waals surface area contributed by atoms with E-state index in [-0.39, 0.29) is 17.6 Å². The van der Waals surface area contributed by atoms with Crippen LogP contribution in [0.25, 0.3) is 11.1 Å². The highest BCUT2D eigenvalue weighted by Crippen LogP contribution is 2.47. The van der Waals surface area contributed by atoms with Crippen LogP contribution in [0.3, 0.4) is 0 Å². The number of rotatable bonds is 4. The van der Waals surface area contributed by atoms with Crippen LogP contribution in [0.5, 0.6) is 11.5 Å². The number of aromatic nitrogens is 2. The zero-order valence-electron chi connectivity index (χ0n) is 15.7. The van der Waals surface area contributed by atoms with Crippen molar-refractivity contribution < 1.29 is 14.9 Å². The SMILES string of the molecule is C=C(C)[C@@H]1C[C@H](O)C(C)=C[C@H]1c1c(O)cc(-c2cnn(C)c2)cc1OC. The first-order valence-corrected chi connectivity index (χ1v) is 8.73. The summed E-state index contributed by atoms with van der Waals surface area (Å²) in [5, 5.41) is 25.3. The van der Waals surface area contributed by atoms with Gasteiger partial charge in [-0.25, -0.2) is 0 Å². The number of phenols is 1. The number of aliphatic hydroxyl groups is 1. The van der Waals surface area contributed by atoms with Gasteiger partial charge in [0.1, 0.15) is 11.5 Å². The lowest BCUT2D eigenvalue weighted by atomic mass is 9.72. The van der Waals surface area contributed by atoms with Crippen molar-refractivity contribution >= 4 is 0 Å². The van der Waals surface area contributed by atoms with Gasteiger partial charge < -0.3 is 14.9 Å². The summed E-state index contributed by atoms with van der Waals surface area (Å²) in [6, 6.07) is 3.67. The number of aryl methyl sites for hydroxylation is 1. The first-order chi connectivity index (χ1) is 12.3. The average molecular weight is 354 g/mol. The Morgan fingerprint density at radius 1 is 1.35 bits per heavy atom. The summed E-state index contributed by atoms with van der Waals surface area (Å²) < 4.78 is 7.35. The number of nitrogens with zero attached hydrogens (tertiary/aromatic N) is 2. The third-order valence-electron chi connectivity index (χ3n) is 5.22. The monoisotopic (exact) mass is 354 g/mol. The third-order valence-corrected chi connectivity index (χ3v) is 5.22. The molecule has 1 aromatic heterocycles. The smallest absolute Gasteiger partial charge is 0.126 e. The third kappa shape index (κ3) is 3.27. The lowest BCUT2D eigenvalue weighted by Gasteiger charge is -2.34. The molecule has 0 saturated heterocycles. The van der Waals surface area contributed by atoms with Crippen LogP contribution in [0.2, 0.25) is 0 Å². The Morgan fingerprint density at radius 3 is 2.65 bits per heavy atom. The molecule has 0 amide bonds. The molecule has 26 heavy (non-hydrogen) atoms. The number of ether oxygens (including phenoxy) is 1. The molecule has 2 N–H and O–H groups in total. The molecule has 1 heterocycles. The Balaban J connectivity index is 2.13. The Labute approximate surface area is 154 Å². The maximum atomic E-state index is 10.8. The van der Waals surface area contributed by atoms with Crippen molar-refractivity contribution in [3.8, 4) is 22.6 Å². The Bertz CT molecular complexity index is 866. The molecule has 0 spiro atoms. The summed E-state index contributed by atoms with van der Waals surface area (Å²) in [5.74, 6) is 0.756. The van der Waals surface area contributed by atoms with Crippen LogP contribution < -0.4 is 4.74 Å². The van der Waals surface area contributed by atoms with E-state index >= 15 is 0 Å². The first-order valence-electron chi connectivity index (χ1n) is 8.73. The van der Waals surface area contributed by atoms with Crippen LogP contribution in [0.1, 0.15) is 31.7 Å². The molecule has 1 aromatic carbocycles. The van der Waals surface area contributed by atoms with E-state index in [1.165, 1.54) is 0 Å². The maximum Gasteiger partial charge on any atom is 0.126 e. The van der Waals surface area contributed by atoms with Crippen LogP contribution >= 0.6 is 0 Å². The summed E-state index contributed by atoms with van der Waals surface area (Å²) in [6.07, 6.45) is 5.79. The summed E-state index contributed by atoms with van der Waals surface area (Å²) in [5.41, 5.74) is 4.38. The molecule has 0 unspecified atom stereocenters. The van der Waals surface area contributed by atoms with Gasteiger partial charge in [0, 0.05) is 30.3 Å². The predicted octanol–water partition coefficient (Wildman–Crippen LogP) is 3.79.